The maximum Gasteiger partial charge on any atom is 0.420 e. The molecule has 0 saturated carbocycles. The molecule has 86 valence electrons. The van der Waals surface area contributed by atoms with Crippen LogP contribution in [0.1, 0.15) is 23.1 Å². The highest BCUT2D eigenvalue weighted by Gasteiger charge is 2.39. The summed E-state index contributed by atoms with van der Waals surface area (Å²) in [4.78, 5) is 2.99. The van der Waals surface area contributed by atoms with Crippen LogP contribution in [0.2, 0.25) is 5.15 Å². The third-order valence-electron chi connectivity index (χ3n) is 1.69. The minimum atomic E-state index is -5.00. The van der Waals surface area contributed by atoms with Crippen molar-refractivity contribution in [2.45, 2.75) is 12.6 Å². The van der Waals surface area contributed by atoms with E-state index in [9.17, 15) is 22.0 Å². The molecule has 0 unspecified atom stereocenters. The standard InChI is InChI=1S/C8H2ClF5N2/c9-6-5(8(12,13)14)3(1-15)4(2-16-6)7(10)11/h2,7H. The molecule has 0 spiro atoms. The van der Waals surface area contributed by atoms with Crippen molar-refractivity contribution < 1.29 is 22.0 Å². The summed E-state index contributed by atoms with van der Waals surface area (Å²) in [5.41, 5.74) is -3.91. The molecular formula is C8H2ClF5N2. The normalized spacial score (nSPS) is 11.6. The Balaban J connectivity index is 3.60. The topological polar surface area (TPSA) is 36.7 Å². The highest BCUT2D eigenvalue weighted by molar-refractivity contribution is 6.30. The van der Waals surface area contributed by atoms with E-state index in [1.807, 2.05) is 0 Å². The first-order valence-electron chi connectivity index (χ1n) is 3.73. The quantitative estimate of drug-likeness (QED) is 0.569. The van der Waals surface area contributed by atoms with Crippen molar-refractivity contribution in [3.8, 4) is 6.07 Å². The molecule has 0 bridgehead atoms. The second-order valence-electron chi connectivity index (χ2n) is 2.66. The number of hydrogen-bond donors (Lipinski definition) is 0. The predicted molar refractivity (Wildman–Crippen MR) is 43.9 cm³/mol. The van der Waals surface area contributed by atoms with Crippen LogP contribution in [0.4, 0.5) is 22.0 Å². The number of alkyl halides is 5. The second-order valence-corrected chi connectivity index (χ2v) is 3.02. The third-order valence-corrected chi connectivity index (χ3v) is 1.98. The SMILES string of the molecule is N#Cc1c(C(F)F)cnc(Cl)c1C(F)(F)F. The van der Waals surface area contributed by atoms with Gasteiger partial charge in [-0.3, -0.25) is 0 Å². The second kappa shape index (κ2) is 4.22. The molecule has 1 aromatic heterocycles. The Labute approximate surface area is 91.3 Å². The highest BCUT2D eigenvalue weighted by Crippen LogP contribution is 2.38. The summed E-state index contributed by atoms with van der Waals surface area (Å²) in [6, 6.07) is 1.07. The van der Waals surface area contributed by atoms with Crippen LogP contribution in [-0.2, 0) is 6.18 Å². The van der Waals surface area contributed by atoms with Crippen molar-refractivity contribution in [1.82, 2.24) is 4.98 Å². The molecule has 0 saturated heterocycles. The van der Waals surface area contributed by atoms with Crippen molar-refractivity contribution >= 4 is 11.6 Å². The summed E-state index contributed by atoms with van der Waals surface area (Å²) in [5.74, 6) is 0. The maximum absolute atomic E-state index is 12.4. The van der Waals surface area contributed by atoms with Crippen LogP contribution in [0.5, 0.6) is 0 Å². The minimum absolute atomic E-state index is 0.459. The van der Waals surface area contributed by atoms with Crippen molar-refractivity contribution in [2.75, 3.05) is 0 Å². The van der Waals surface area contributed by atoms with E-state index < -0.39 is 34.4 Å². The summed E-state index contributed by atoms with van der Waals surface area (Å²) < 4.78 is 61.9. The van der Waals surface area contributed by atoms with Gasteiger partial charge < -0.3 is 0 Å². The first-order valence-corrected chi connectivity index (χ1v) is 4.10. The Bertz CT molecular complexity index is 449. The molecule has 0 aliphatic carbocycles. The van der Waals surface area contributed by atoms with Crippen LogP contribution in [0, 0.1) is 11.3 Å². The van der Waals surface area contributed by atoms with Crippen LogP contribution in [0.15, 0.2) is 6.20 Å². The molecule has 0 amide bonds. The predicted octanol–water partition coefficient (Wildman–Crippen LogP) is 3.56. The van der Waals surface area contributed by atoms with Gasteiger partial charge >= 0.3 is 6.18 Å². The van der Waals surface area contributed by atoms with Gasteiger partial charge in [0.1, 0.15) is 16.8 Å². The van der Waals surface area contributed by atoms with Gasteiger partial charge in [0, 0.05) is 6.20 Å². The number of pyridine rings is 1. The number of halogens is 6. The first-order chi connectivity index (χ1) is 7.29. The molecule has 0 aliphatic rings. The van der Waals surface area contributed by atoms with E-state index in [-0.39, 0.29) is 0 Å². The molecule has 0 radical (unpaired) electrons. The van der Waals surface area contributed by atoms with E-state index in [1.54, 1.807) is 0 Å². The number of nitrogens with zero attached hydrogens (tertiary/aromatic N) is 2. The monoisotopic (exact) mass is 256 g/mol. The van der Waals surface area contributed by atoms with Gasteiger partial charge in [0.25, 0.3) is 6.43 Å². The smallest absolute Gasteiger partial charge is 0.243 e. The Hall–Kier alpha value is -1.42. The fourth-order valence-corrected chi connectivity index (χ4v) is 1.30. The largest absolute Gasteiger partial charge is 0.420 e. The zero-order chi connectivity index (χ0) is 12.5. The zero-order valence-corrected chi connectivity index (χ0v) is 8.07. The van der Waals surface area contributed by atoms with Crippen molar-refractivity contribution in [2.24, 2.45) is 0 Å². The van der Waals surface area contributed by atoms with Crippen LogP contribution in [-0.4, -0.2) is 4.98 Å². The third kappa shape index (κ3) is 2.22. The van der Waals surface area contributed by atoms with Gasteiger partial charge in [0.05, 0.1) is 11.1 Å². The molecule has 16 heavy (non-hydrogen) atoms. The Morgan fingerprint density at radius 2 is 1.94 bits per heavy atom. The lowest BCUT2D eigenvalue weighted by Crippen LogP contribution is -2.12. The fourth-order valence-electron chi connectivity index (χ4n) is 1.05. The molecule has 2 nitrogen and oxygen atoms in total. The van der Waals surface area contributed by atoms with Gasteiger partial charge in [-0.25, -0.2) is 13.8 Å². The van der Waals surface area contributed by atoms with Gasteiger partial charge in [-0.2, -0.15) is 18.4 Å². The average Bonchev–Trinajstić information content (AvgIpc) is 2.14. The van der Waals surface area contributed by atoms with Gasteiger partial charge in [0.15, 0.2) is 0 Å². The van der Waals surface area contributed by atoms with Gasteiger partial charge in [-0.1, -0.05) is 11.6 Å². The lowest BCUT2D eigenvalue weighted by molar-refractivity contribution is -0.138. The summed E-state index contributed by atoms with van der Waals surface area (Å²) in [6.45, 7) is 0. The van der Waals surface area contributed by atoms with E-state index in [0.717, 1.165) is 6.07 Å². The van der Waals surface area contributed by atoms with Crippen molar-refractivity contribution in [3.63, 3.8) is 0 Å². The van der Waals surface area contributed by atoms with E-state index in [1.165, 1.54) is 0 Å². The molecule has 0 aliphatic heterocycles. The summed E-state index contributed by atoms with van der Waals surface area (Å²) >= 11 is 5.14. The molecule has 0 fully saturated rings. The molecule has 1 heterocycles. The number of aromatic nitrogens is 1. The highest BCUT2D eigenvalue weighted by atomic mass is 35.5. The molecule has 1 rings (SSSR count). The summed E-state index contributed by atoms with van der Waals surface area (Å²) in [7, 11) is 0. The van der Waals surface area contributed by atoms with Crippen molar-refractivity contribution in [1.29, 1.82) is 5.26 Å². The van der Waals surface area contributed by atoms with Crippen LogP contribution in [0.3, 0.4) is 0 Å². The minimum Gasteiger partial charge on any atom is -0.243 e. The van der Waals surface area contributed by atoms with Crippen LogP contribution in [0.25, 0.3) is 0 Å². The summed E-state index contributed by atoms with van der Waals surface area (Å²) in [6.07, 6.45) is -7.76. The Morgan fingerprint density at radius 3 is 2.31 bits per heavy atom. The van der Waals surface area contributed by atoms with Gasteiger partial charge in [0.2, 0.25) is 0 Å². The van der Waals surface area contributed by atoms with Crippen LogP contribution >= 0.6 is 11.6 Å². The first kappa shape index (κ1) is 12.6. The lowest BCUT2D eigenvalue weighted by atomic mass is 10.1. The molecule has 0 atom stereocenters. The number of hydrogen-bond acceptors (Lipinski definition) is 2. The van der Waals surface area contributed by atoms with E-state index in [4.69, 9.17) is 16.9 Å². The molecule has 1 aromatic rings. The Morgan fingerprint density at radius 1 is 1.38 bits per heavy atom. The van der Waals surface area contributed by atoms with E-state index in [0.29, 0.717) is 6.20 Å². The van der Waals surface area contributed by atoms with Gasteiger partial charge in [-0.05, 0) is 0 Å². The zero-order valence-electron chi connectivity index (χ0n) is 7.32. The lowest BCUT2D eigenvalue weighted by Gasteiger charge is -2.12. The summed E-state index contributed by atoms with van der Waals surface area (Å²) in [5, 5.41) is 7.45. The molecule has 0 N–H and O–H groups in total. The van der Waals surface area contributed by atoms with Crippen molar-refractivity contribution in [3.05, 3.63) is 28.0 Å². The van der Waals surface area contributed by atoms with E-state index in [2.05, 4.69) is 4.98 Å². The Kier molecular flexibility index (Phi) is 3.33. The molecule has 0 aromatic carbocycles. The average molecular weight is 257 g/mol. The number of rotatable bonds is 1. The number of nitriles is 1. The van der Waals surface area contributed by atoms with Crippen LogP contribution < -0.4 is 0 Å². The van der Waals surface area contributed by atoms with E-state index >= 15 is 0 Å². The fraction of sp³-hybridized carbons (Fsp3) is 0.250. The van der Waals surface area contributed by atoms with Gasteiger partial charge in [-0.15, -0.1) is 0 Å². The molecule has 8 heteroatoms. The maximum atomic E-state index is 12.4. The molecular weight excluding hydrogens is 255 g/mol.